The lowest BCUT2D eigenvalue weighted by atomic mass is 9.98. The molecule has 0 aliphatic carbocycles. The maximum atomic E-state index is 12.4. The van der Waals surface area contributed by atoms with Crippen LogP contribution in [0, 0.1) is 5.92 Å². The second-order valence-electron chi connectivity index (χ2n) is 7.61. The number of aliphatic hydroxyl groups is 1. The Morgan fingerprint density at radius 3 is 2.19 bits per heavy atom. The lowest BCUT2D eigenvalue weighted by molar-refractivity contribution is -0.133. The van der Waals surface area contributed by atoms with Crippen molar-refractivity contribution in [2.24, 2.45) is 11.7 Å². The minimum absolute atomic E-state index is 0.0103. The second kappa shape index (κ2) is 10.8. The molecule has 1 aliphatic rings. The first-order chi connectivity index (χ1) is 15.4. The van der Waals surface area contributed by atoms with Crippen LogP contribution in [0.5, 0.6) is 0 Å². The van der Waals surface area contributed by atoms with Gasteiger partial charge in [-0.15, -0.1) is 0 Å². The first-order valence-electron chi connectivity index (χ1n) is 10.3. The Hall–Kier alpha value is -3.31. The predicted octanol–water partition coefficient (Wildman–Crippen LogP) is 0.173. The minimum Gasteiger partial charge on any atom is -0.376 e. The highest BCUT2D eigenvalue weighted by Crippen LogP contribution is 2.23. The molecule has 0 spiro atoms. The van der Waals surface area contributed by atoms with Crippen molar-refractivity contribution >= 4 is 23.4 Å². The molecule has 0 saturated carbocycles. The van der Waals surface area contributed by atoms with Crippen molar-refractivity contribution < 1.29 is 24.7 Å². The third-order valence-electron chi connectivity index (χ3n) is 5.32. The van der Waals surface area contributed by atoms with Gasteiger partial charge >= 0.3 is 0 Å². The van der Waals surface area contributed by atoms with Crippen LogP contribution in [-0.4, -0.2) is 53.4 Å². The molecule has 1 fully saturated rings. The van der Waals surface area contributed by atoms with Gasteiger partial charge in [-0.2, -0.15) is 0 Å². The van der Waals surface area contributed by atoms with E-state index in [0.29, 0.717) is 12.2 Å². The van der Waals surface area contributed by atoms with E-state index in [2.05, 4.69) is 16.0 Å². The normalized spacial score (nSPS) is 17.7. The van der Waals surface area contributed by atoms with Crippen molar-refractivity contribution in [3.8, 4) is 11.1 Å². The number of rotatable bonds is 7. The Morgan fingerprint density at radius 1 is 1.03 bits per heavy atom. The van der Waals surface area contributed by atoms with E-state index in [9.17, 15) is 19.5 Å². The van der Waals surface area contributed by atoms with Crippen LogP contribution in [0.1, 0.15) is 23.2 Å². The molecule has 1 unspecified atom stereocenters. The first-order valence-corrected chi connectivity index (χ1v) is 10.3. The number of hydrogen-bond donors (Lipinski definition) is 7. The van der Waals surface area contributed by atoms with Gasteiger partial charge in [-0.3, -0.25) is 19.6 Å². The van der Waals surface area contributed by atoms with Crippen molar-refractivity contribution in [3.63, 3.8) is 0 Å². The number of nitrogens with one attached hydrogen (secondary N) is 4. The zero-order valence-electron chi connectivity index (χ0n) is 17.4. The molecule has 1 aliphatic heterocycles. The fourth-order valence-corrected chi connectivity index (χ4v) is 3.48. The molecule has 10 heteroatoms. The molecule has 10 nitrogen and oxygen atoms in total. The number of piperidine rings is 1. The minimum atomic E-state index is -1.68. The summed E-state index contributed by atoms with van der Waals surface area (Å²) in [6.45, 7) is 1.64. The van der Waals surface area contributed by atoms with E-state index < -0.39 is 24.1 Å². The smallest absolute Gasteiger partial charge is 0.270 e. The monoisotopic (exact) mass is 441 g/mol. The van der Waals surface area contributed by atoms with E-state index in [1.807, 2.05) is 24.3 Å². The van der Waals surface area contributed by atoms with Crippen molar-refractivity contribution in [2.45, 2.75) is 25.1 Å². The van der Waals surface area contributed by atoms with Gasteiger partial charge in [-0.25, -0.2) is 5.48 Å². The molecular formula is C22H27N5O5. The van der Waals surface area contributed by atoms with Gasteiger partial charge in [0.2, 0.25) is 5.91 Å². The lowest BCUT2D eigenvalue weighted by Crippen LogP contribution is -2.55. The number of amides is 3. The molecule has 32 heavy (non-hydrogen) atoms. The molecule has 3 atom stereocenters. The highest BCUT2D eigenvalue weighted by atomic mass is 16.5. The van der Waals surface area contributed by atoms with Gasteiger partial charge in [0.15, 0.2) is 0 Å². The molecule has 1 heterocycles. The van der Waals surface area contributed by atoms with Crippen LogP contribution in [0.15, 0.2) is 48.5 Å². The van der Waals surface area contributed by atoms with Crippen LogP contribution in [0.4, 0.5) is 5.69 Å². The van der Waals surface area contributed by atoms with Crippen LogP contribution in [0.3, 0.4) is 0 Å². The van der Waals surface area contributed by atoms with Crippen LogP contribution >= 0.6 is 0 Å². The number of carbonyl (C=O) groups excluding carboxylic acids is 3. The highest BCUT2D eigenvalue weighted by Gasteiger charge is 2.26. The third kappa shape index (κ3) is 5.89. The quantitative estimate of drug-likeness (QED) is 0.183. The highest BCUT2D eigenvalue weighted by molar-refractivity contribution is 5.98. The van der Waals surface area contributed by atoms with E-state index in [1.54, 1.807) is 24.3 Å². The summed E-state index contributed by atoms with van der Waals surface area (Å²) in [5.41, 5.74) is 9.31. The van der Waals surface area contributed by atoms with E-state index >= 15 is 0 Å². The summed E-state index contributed by atoms with van der Waals surface area (Å²) in [4.78, 5) is 36.2. The Morgan fingerprint density at radius 2 is 1.66 bits per heavy atom. The fourth-order valence-electron chi connectivity index (χ4n) is 3.48. The summed E-state index contributed by atoms with van der Waals surface area (Å²) < 4.78 is 0. The first kappa shape index (κ1) is 23.4. The second-order valence-corrected chi connectivity index (χ2v) is 7.61. The zero-order chi connectivity index (χ0) is 23.1. The van der Waals surface area contributed by atoms with Gasteiger partial charge in [0, 0.05) is 17.8 Å². The number of anilines is 1. The van der Waals surface area contributed by atoms with Crippen molar-refractivity contribution in [1.29, 1.82) is 0 Å². The van der Waals surface area contributed by atoms with Gasteiger partial charge in [-0.05, 0) is 54.8 Å². The largest absolute Gasteiger partial charge is 0.376 e. The molecular weight excluding hydrogens is 414 g/mol. The average molecular weight is 441 g/mol. The van der Waals surface area contributed by atoms with E-state index in [4.69, 9.17) is 10.9 Å². The van der Waals surface area contributed by atoms with Crippen molar-refractivity contribution in [3.05, 3.63) is 54.1 Å². The van der Waals surface area contributed by atoms with Gasteiger partial charge in [-0.1, -0.05) is 24.3 Å². The molecule has 3 amide bonds. The van der Waals surface area contributed by atoms with Gasteiger partial charge < -0.3 is 26.8 Å². The van der Waals surface area contributed by atoms with Gasteiger partial charge in [0.1, 0.15) is 12.3 Å². The van der Waals surface area contributed by atoms with Gasteiger partial charge in [0.25, 0.3) is 11.8 Å². The molecule has 0 aromatic heterocycles. The number of carbonyl (C=O) groups is 3. The Labute approximate surface area is 185 Å². The summed E-state index contributed by atoms with van der Waals surface area (Å²) >= 11 is 0. The number of hydrogen-bond acceptors (Lipinski definition) is 7. The fraction of sp³-hybridized carbons (Fsp3) is 0.318. The molecule has 3 rings (SSSR count). The van der Waals surface area contributed by atoms with Crippen LogP contribution < -0.4 is 27.2 Å². The summed E-state index contributed by atoms with van der Waals surface area (Å²) in [7, 11) is 0. The summed E-state index contributed by atoms with van der Waals surface area (Å²) in [6, 6.07) is 12.5. The summed E-state index contributed by atoms with van der Waals surface area (Å²) in [6.07, 6.45) is 0.193. The van der Waals surface area contributed by atoms with E-state index in [1.165, 1.54) is 5.48 Å². The molecule has 1 saturated heterocycles. The standard InChI is InChI=1S/C22H27N5O5/c23-19(28)18(22(31)27-32)26-20(29)15-5-3-13(4-6-15)14-7-9-17(10-8-14)25-21(30)16-2-1-11-24-12-16/h3-10,16,18-19,24,28,32H,1-2,11-12,23H2,(H,25,30)(H,26,29)(H,27,31)/t16?,18-,19-/m0/s1. The molecule has 8 N–H and O–H groups in total. The third-order valence-corrected chi connectivity index (χ3v) is 5.32. The lowest BCUT2D eigenvalue weighted by Gasteiger charge is -2.21. The number of aliphatic hydroxyl groups excluding tert-OH is 1. The maximum absolute atomic E-state index is 12.4. The number of nitrogens with two attached hydrogens (primary N) is 1. The van der Waals surface area contributed by atoms with Crippen LogP contribution in [0.2, 0.25) is 0 Å². The van der Waals surface area contributed by atoms with Crippen molar-refractivity contribution in [1.82, 2.24) is 16.1 Å². The Bertz CT molecular complexity index is 940. The summed E-state index contributed by atoms with van der Waals surface area (Å²) in [5, 5.41) is 26.5. The molecule has 2 aromatic carbocycles. The molecule has 0 bridgehead atoms. The maximum Gasteiger partial charge on any atom is 0.270 e. The number of hydroxylamine groups is 1. The Balaban J connectivity index is 1.62. The van der Waals surface area contributed by atoms with Gasteiger partial charge in [0.05, 0.1) is 5.92 Å². The predicted molar refractivity (Wildman–Crippen MR) is 117 cm³/mol. The molecule has 2 aromatic rings. The van der Waals surface area contributed by atoms with Crippen LogP contribution in [0.25, 0.3) is 11.1 Å². The summed E-state index contributed by atoms with van der Waals surface area (Å²) in [5.74, 6) is -1.68. The molecule has 170 valence electrons. The zero-order valence-corrected chi connectivity index (χ0v) is 17.4. The topological polar surface area (TPSA) is 166 Å². The SMILES string of the molecule is N[C@@H](O)[C@H](NC(=O)c1ccc(-c2ccc(NC(=O)C3CCCNC3)cc2)cc1)C(=O)NO. The van der Waals surface area contributed by atoms with Crippen LogP contribution in [-0.2, 0) is 9.59 Å². The van der Waals surface area contributed by atoms with Crippen molar-refractivity contribution in [2.75, 3.05) is 18.4 Å². The Kier molecular flexibility index (Phi) is 7.90. The van der Waals surface area contributed by atoms with E-state index in [-0.39, 0.29) is 17.4 Å². The molecule has 0 radical (unpaired) electrons. The average Bonchev–Trinajstić information content (AvgIpc) is 2.83. The van der Waals surface area contributed by atoms with E-state index in [0.717, 1.165) is 30.5 Å². The number of benzene rings is 2.